The molecule has 0 bridgehead atoms. The molecule has 0 amide bonds. The topological polar surface area (TPSA) is 54.0 Å². The number of hydrogen-bond donors (Lipinski definition) is 0. The fourth-order valence-corrected chi connectivity index (χ4v) is 2.58. The van der Waals surface area contributed by atoms with Crippen molar-refractivity contribution in [2.45, 2.75) is 5.92 Å². The molecule has 1 aromatic heterocycles. The lowest BCUT2D eigenvalue weighted by atomic mass is 9.93. The van der Waals surface area contributed by atoms with Crippen LogP contribution in [0.2, 0.25) is 10.0 Å². The number of rotatable bonds is 3. The Hall–Kier alpha value is -1.28. The normalized spacial score (nSPS) is 11.9. The van der Waals surface area contributed by atoms with E-state index in [1.165, 1.54) is 18.4 Å². The van der Waals surface area contributed by atoms with Gasteiger partial charge >= 0.3 is 0 Å². The predicted octanol–water partition coefficient (Wildman–Crippen LogP) is 4.84. The highest BCUT2D eigenvalue weighted by molar-refractivity contribution is 9.10. The molecule has 0 saturated carbocycles. The fourth-order valence-electron chi connectivity index (χ4n) is 1.63. The molecule has 2 aromatic rings. The van der Waals surface area contributed by atoms with Crippen molar-refractivity contribution in [1.82, 2.24) is 0 Å². The number of benzene rings is 1. The summed E-state index contributed by atoms with van der Waals surface area (Å²) in [5, 5.41) is 9.96. The third-order valence-corrected chi connectivity index (χ3v) is 3.72. The highest BCUT2D eigenvalue weighted by Gasteiger charge is 2.26. The van der Waals surface area contributed by atoms with Gasteiger partial charge in [-0.15, -0.1) is 0 Å². The maximum absolute atomic E-state index is 12.3. The van der Waals surface area contributed by atoms with Gasteiger partial charge in [-0.1, -0.05) is 29.3 Å². The van der Waals surface area contributed by atoms with Crippen LogP contribution in [0.15, 0.2) is 39.6 Å². The number of carbonyl (C=O) groups is 1. The van der Waals surface area contributed by atoms with Gasteiger partial charge in [0.05, 0.1) is 17.9 Å². The number of nitriles is 1. The molecule has 0 N–H and O–H groups in total. The molecule has 96 valence electrons. The van der Waals surface area contributed by atoms with Gasteiger partial charge in [0, 0.05) is 10.0 Å². The molecule has 0 fully saturated rings. The lowest BCUT2D eigenvalue weighted by Crippen LogP contribution is -2.11. The first kappa shape index (κ1) is 14.1. The van der Waals surface area contributed by atoms with E-state index < -0.39 is 5.92 Å². The van der Waals surface area contributed by atoms with Crippen LogP contribution in [0.4, 0.5) is 0 Å². The molecular weight excluding hydrogens is 353 g/mol. The molecule has 0 aliphatic rings. The van der Waals surface area contributed by atoms with Gasteiger partial charge in [-0.25, -0.2) is 0 Å². The van der Waals surface area contributed by atoms with Crippen molar-refractivity contribution >= 4 is 44.9 Å². The molecule has 0 saturated heterocycles. The van der Waals surface area contributed by atoms with Crippen molar-refractivity contribution < 1.29 is 9.21 Å². The Balaban J connectivity index is 2.44. The number of carbonyl (C=O) groups excluding carboxylic acids is 1. The van der Waals surface area contributed by atoms with Crippen LogP contribution in [0, 0.1) is 11.3 Å². The molecule has 19 heavy (non-hydrogen) atoms. The Bertz CT molecular complexity index is 676. The smallest absolute Gasteiger partial charge is 0.188 e. The Labute approximate surface area is 127 Å². The summed E-state index contributed by atoms with van der Waals surface area (Å²) in [5.74, 6) is -1.38. The number of nitrogens with zero attached hydrogens (tertiary/aromatic N) is 1. The quantitative estimate of drug-likeness (QED) is 0.737. The summed E-state index contributed by atoms with van der Waals surface area (Å²) in [6.07, 6.45) is 1.37. The molecule has 1 aromatic carbocycles. The molecular formula is C13H6BrCl2NO2. The first-order chi connectivity index (χ1) is 9.04. The number of ketones is 1. The maximum Gasteiger partial charge on any atom is 0.188 e. The molecule has 0 aliphatic carbocycles. The van der Waals surface area contributed by atoms with E-state index >= 15 is 0 Å². The van der Waals surface area contributed by atoms with Gasteiger partial charge in [-0.2, -0.15) is 5.26 Å². The second kappa shape index (κ2) is 5.79. The second-order valence-electron chi connectivity index (χ2n) is 3.70. The van der Waals surface area contributed by atoms with Crippen LogP contribution in [-0.4, -0.2) is 5.78 Å². The van der Waals surface area contributed by atoms with E-state index in [1.54, 1.807) is 12.1 Å². The highest BCUT2D eigenvalue weighted by Crippen LogP contribution is 2.31. The summed E-state index contributed by atoms with van der Waals surface area (Å²) in [7, 11) is 0. The second-order valence-corrected chi connectivity index (χ2v) is 5.26. The van der Waals surface area contributed by atoms with E-state index in [2.05, 4.69) is 15.9 Å². The zero-order valence-electron chi connectivity index (χ0n) is 9.36. The van der Waals surface area contributed by atoms with Gasteiger partial charge in [-0.05, 0) is 39.7 Å². The Morgan fingerprint density at radius 2 is 2.11 bits per heavy atom. The molecule has 6 heteroatoms. The number of furan rings is 1. The fraction of sp³-hybridized carbons (Fsp3) is 0.0769. The summed E-state index contributed by atoms with van der Waals surface area (Å²) in [6.45, 7) is 0. The van der Waals surface area contributed by atoms with Crippen LogP contribution < -0.4 is 0 Å². The summed E-state index contributed by atoms with van der Waals surface area (Å²) >= 11 is 14.9. The molecule has 0 aliphatic heterocycles. The van der Waals surface area contributed by atoms with E-state index in [-0.39, 0.29) is 10.8 Å². The van der Waals surface area contributed by atoms with Gasteiger partial charge in [-0.3, -0.25) is 4.79 Å². The van der Waals surface area contributed by atoms with Crippen LogP contribution in [0.5, 0.6) is 0 Å². The molecule has 1 atom stereocenters. The molecule has 3 nitrogen and oxygen atoms in total. The van der Waals surface area contributed by atoms with Crippen molar-refractivity contribution in [1.29, 1.82) is 5.26 Å². The minimum absolute atomic E-state index is 0.284. The Morgan fingerprint density at radius 3 is 2.63 bits per heavy atom. The van der Waals surface area contributed by atoms with Gasteiger partial charge < -0.3 is 4.42 Å². The summed E-state index contributed by atoms with van der Waals surface area (Å²) in [4.78, 5) is 12.3. The summed E-state index contributed by atoms with van der Waals surface area (Å²) in [5.41, 5.74) is 0.726. The maximum atomic E-state index is 12.3. The molecule has 2 rings (SSSR count). The minimum Gasteiger partial charge on any atom is -0.457 e. The third-order valence-electron chi connectivity index (χ3n) is 2.55. The zero-order chi connectivity index (χ0) is 14.0. The molecule has 0 spiro atoms. The summed E-state index contributed by atoms with van der Waals surface area (Å²) < 4.78 is 5.29. The highest BCUT2D eigenvalue weighted by atomic mass is 79.9. The largest absolute Gasteiger partial charge is 0.457 e. The average molecular weight is 359 g/mol. The Kier molecular flexibility index (Phi) is 4.31. The Morgan fingerprint density at radius 1 is 1.37 bits per heavy atom. The predicted molar refractivity (Wildman–Crippen MR) is 75.6 cm³/mol. The van der Waals surface area contributed by atoms with Crippen molar-refractivity contribution in [2.75, 3.05) is 0 Å². The van der Waals surface area contributed by atoms with Gasteiger partial charge in [0.15, 0.2) is 10.5 Å². The number of hydrogen-bond acceptors (Lipinski definition) is 3. The van der Waals surface area contributed by atoms with Crippen molar-refractivity contribution in [3.63, 3.8) is 0 Å². The lowest BCUT2D eigenvalue weighted by Gasteiger charge is -2.09. The first-order valence-corrected chi connectivity index (χ1v) is 6.71. The third kappa shape index (κ3) is 2.84. The van der Waals surface area contributed by atoms with Crippen LogP contribution in [-0.2, 0) is 0 Å². The van der Waals surface area contributed by atoms with Crippen LogP contribution in [0.3, 0.4) is 0 Å². The van der Waals surface area contributed by atoms with Crippen LogP contribution in [0.25, 0.3) is 0 Å². The van der Waals surface area contributed by atoms with Gasteiger partial charge in [0.25, 0.3) is 0 Å². The molecule has 1 heterocycles. The monoisotopic (exact) mass is 357 g/mol. The van der Waals surface area contributed by atoms with Gasteiger partial charge in [0.2, 0.25) is 0 Å². The van der Waals surface area contributed by atoms with E-state index in [9.17, 15) is 10.1 Å². The van der Waals surface area contributed by atoms with E-state index in [1.807, 2.05) is 6.07 Å². The first-order valence-electron chi connectivity index (χ1n) is 5.16. The van der Waals surface area contributed by atoms with Crippen molar-refractivity contribution in [3.05, 3.63) is 56.4 Å². The number of Topliss-reactive ketones (excluding diaryl/α,β-unsaturated/α-hetero) is 1. The van der Waals surface area contributed by atoms with Gasteiger partial charge in [0.1, 0.15) is 5.92 Å². The van der Waals surface area contributed by atoms with Crippen LogP contribution in [0.1, 0.15) is 21.8 Å². The summed E-state index contributed by atoms with van der Waals surface area (Å²) in [6, 6.07) is 8.12. The lowest BCUT2D eigenvalue weighted by molar-refractivity contribution is 0.0977. The molecule has 0 radical (unpaired) electrons. The van der Waals surface area contributed by atoms with E-state index in [0.717, 1.165) is 0 Å². The average Bonchev–Trinajstić information content (AvgIpc) is 2.78. The SMILES string of the molecule is N#CC(C(=O)c1ccoc1Br)c1ccc(Cl)cc1Cl. The van der Waals surface area contributed by atoms with E-state index in [0.29, 0.717) is 20.8 Å². The van der Waals surface area contributed by atoms with E-state index in [4.69, 9.17) is 27.6 Å². The molecule has 1 unspecified atom stereocenters. The zero-order valence-corrected chi connectivity index (χ0v) is 12.5. The van der Waals surface area contributed by atoms with Crippen LogP contribution >= 0.6 is 39.1 Å². The minimum atomic E-state index is -1.00. The number of halogens is 3. The standard InChI is InChI=1S/C13H6BrCl2NO2/c14-13-9(3-4-19-13)12(18)10(6-17)8-2-1-7(15)5-11(8)16/h1-5,10H. The van der Waals surface area contributed by atoms with Crippen molar-refractivity contribution in [3.8, 4) is 6.07 Å². The van der Waals surface area contributed by atoms with Crippen molar-refractivity contribution in [2.24, 2.45) is 0 Å².